The molecule has 1 saturated carbocycles. The summed E-state index contributed by atoms with van der Waals surface area (Å²) >= 11 is 0. The second-order valence-electron chi connectivity index (χ2n) is 6.53. The second kappa shape index (κ2) is 9.30. The Balaban J connectivity index is 2.02. The lowest BCUT2D eigenvalue weighted by Crippen LogP contribution is -2.37. The summed E-state index contributed by atoms with van der Waals surface area (Å²) in [7, 11) is 1.49. The number of primary amides is 1. The second-order valence-corrected chi connectivity index (χ2v) is 6.53. The van der Waals surface area contributed by atoms with Gasteiger partial charge in [-0.05, 0) is 43.4 Å². The number of rotatable bonds is 9. The van der Waals surface area contributed by atoms with Gasteiger partial charge in [-0.2, -0.15) is 0 Å². The van der Waals surface area contributed by atoms with Gasteiger partial charge in [0.1, 0.15) is 0 Å². The zero-order valence-electron chi connectivity index (χ0n) is 15.0. The van der Waals surface area contributed by atoms with Crippen LogP contribution in [-0.2, 0) is 4.79 Å². The van der Waals surface area contributed by atoms with Crippen molar-refractivity contribution in [2.24, 2.45) is 11.7 Å². The zero-order chi connectivity index (χ0) is 18.2. The molecule has 0 saturated heterocycles. The fourth-order valence-electron chi connectivity index (χ4n) is 3.37. The first-order valence-electron chi connectivity index (χ1n) is 8.95. The minimum absolute atomic E-state index is 0.104. The van der Waals surface area contributed by atoms with Crippen LogP contribution in [0.25, 0.3) is 0 Å². The number of hydrogen-bond donors (Lipinski definition) is 2. The van der Waals surface area contributed by atoms with Crippen molar-refractivity contribution >= 4 is 11.8 Å². The molecule has 0 unspecified atom stereocenters. The van der Waals surface area contributed by atoms with Crippen LogP contribution in [0.5, 0.6) is 11.5 Å². The van der Waals surface area contributed by atoms with Crippen molar-refractivity contribution < 1.29 is 19.1 Å². The number of nitrogens with one attached hydrogen (secondary N) is 1. The third-order valence-corrected chi connectivity index (χ3v) is 4.70. The van der Waals surface area contributed by atoms with Gasteiger partial charge in [0.2, 0.25) is 0 Å². The Morgan fingerprint density at radius 3 is 2.76 bits per heavy atom. The highest BCUT2D eigenvalue weighted by Gasteiger charge is 2.28. The quantitative estimate of drug-likeness (QED) is 0.718. The van der Waals surface area contributed by atoms with E-state index >= 15 is 0 Å². The molecule has 0 spiro atoms. The monoisotopic (exact) mass is 348 g/mol. The highest BCUT2D eigenvalue weighted by Crippen LogP contribution is 2.31. The maximum absolute atomic E-state index is 12.6. The Morgan fingerprint density at radius 1 is 1.28 bits per heavy atom. The Kier molecular flexibility index (Phi) is 7.10. The van der Waals surface area contributed by atoms with Gasteiger partial charge in [0.25, 0.3) is 11.8 Å². The van der Waals surface area contributed by atoms with E-state index in [4.69, 9.17) is 15.2 Å². The smallest absolute Gasteiger partial charge is 0.255 e. The normalized spacial score (nSPS) is 19.4. The molecule has 6 nitrogen and oxygen atoms in total. The minimum Gasteiger partial charge on any atom is -0.493 e. The van der Waals surface area contributed by atoms with E-state index in [1.807, 2.05) is 0 Å². The van der Waals surface area contributed by atoms with Crippen molar-refractivity contribution in [2.45, 2.75) is 51.5 Å². The van der Waals surface area contributed by atoms with Crippen molar-refractivity contribution in [2.75, 3.05) is 13.7 Å². The number of benzene rings is 1. The van der Waals surface area contributed by atoms with Gasteiger partial charge in [-0.3, -0.25) is 9.59 Å². The molecule has 138 valence electrons. The van der Waals surface area contributed by atoms with Crippen LogP contribution in [0.3, 0.4) is 0 Å². The average molecular weight is 348 g/mol. The standard InChI is InChI=1S/C19H28N2O4/c1-3-4-6-13-7-5-8-15(13)21-19(23)14-9-10-16(17(11-14)24-2)25-12-18(20)22/h9-11,13,15H,3-8,12H2,1-2H3,(H2,20,22)(H,21,23)/t13-,15-/m0/s1. The number of unbranched alkanes of at least 4 members (excludes halogenated alkanes) is 1. The number of carbonyl (C=O) groups excluding carboxylic acids is 2. The van der Waals surface area contributed by atoms with Crippen LogP contribution in [0.4, 0.5) is 0 Å². The maximum Gasteiger partial charge on any atom is 0.255 e. The maximum atomic E-state index is 12.6. The zero-order valence-corrected chi connectivity index (χ0v) is 15.0. The number of methoxy groups -OCH3 is 1. The molecular weight excluding hydrogens is 320 g/mol. The fraction of sp³-hybridized carbons (Fsp3) is 0.579. The Bertz CT molecular complexity index is 603. The molecule has 6 heteroatoms. The van der Waals surface area contributed by atoms with Crippen LogP contribution in [0.1, 0.15) is 55.8 Å². The lowest BCUT2D eigenvalue weighted by Gasteiger charge is -2.21. The average Bonchev–Trinajstić information content (AvgIpc) is 3.04. The van der Waals surface area contributed by atoms with Crippen LogP contribution in [-0.4, -0.2) is 31.6 Å². The number of amides is 2. The molecule has 0 bridgehead atoms. The lowest BCUT2D eigenvalue weighted by molar-refractivity contribution is -0.119. The molecule has 1 aromatic rings. The van der Waals surface area contributed by atoms with Gasteiger partial charge in [-0.15, -0.1) is 0 Å². The van der Waals surface area contributed by atoms with Crippen LogP contribution >= 0.6 is 0 Å². The van der Waals surface area contributed by atoms with Gasteiger partial charge < -0.3 is 20.5 Å². The highest BCUT2D eigenvalue weighted by molar-refractivity contribution is 5.95. The van der Waals surface area contributed by atoms with E-state index in [0.717, 1.165) is 6.42 Å². The van der Waals surface area contributed by atoms with Gasteiger partial charge in [0, 0.05) is 11.6 Å². The summed E-state index contributed by atoms with van der Waals surface area (Å²) in [5.74, 6) is 0.697. The van der Waals surface area contributed by atoms with Crippen molar-refractivity contribution in [1.29, 1.82) is 0 Å². The summed E-state index contributed by atoms with van der Waals surface area (Å²) in [5.41, 5.74) is 5.60. The first kappa shape index (κ1) is 19.1. The molecule has 3 N–H and O–H groups in total. The van der Waals surface area contributed by atoms with E-state index in [0.29, 0.717) is 23.0 Å². The van der Waals surface area contributed by atoms with Crippen LogP contribution < -0.4 is 20.5 Å². The third kappa shape index (κ3) is 5.37. The highest BCUT2D eigenvalue weighted by atomic mass is 16.5. The summed E-state index contributed by atoms with van der Waals surface area (Å²) in [6.07, 6.45) is 6.95. The fourth-order valence-corrected chi connectivity index (χ4v) is 3.37. The van der Waals surface area contributed by atoms with Crippen LogP contribution in [0, 0.1) is 5.92 Å². The van der Waals surface area contributed by atoms with E-state index in [-0.39, 0.29) is 18.6 Å². The number of ether oxygens (including phenoxy) is 2. The van der Waals surface area contributed by atoms with Crippen LogP contribution in [0.15, 0.2) is 18.2 Å². The predicted octanol–water partition coefficient (Wildman–Crippen LogP) is 2.65. The molecule has 0 radical (unpaired) electrons. The molecular formula is C19H28N2O4. The molecule has 2 atom stereocenters. The van der Waals surface area contributed by atoms with E-state index < -0.39 is 5.91 Å². The minimum atomic E-state index is -0.566. The predicted molar refractivity (Wildman–Crippen MR) is 95.8 cm³/mol. The van der Waals surface area contributed by atoms with Crippen molar-refractivity contribution in [3.8, 4) is 11.5 Å². The molecule has 0 aliphatic heterocycles. The Morgan fingerprint density at radius 2 is 2.08 bits per heavy atom. The molecule has 1 aromatic carbocycles. The first-order valence-corrected chi connectivity index (χ1v) is 8.95. The van der Waals surface area contributed by atoms with Gasteiger partial charge in [0.05, 0.1) is 7.11 Å². The summed E-state index contributed by atoms with van der Waals surface area (Å²) in [4.78, 5) is 23.4. The summed E-state index contributed by atoms with van der Waals surface area (Å²) in [6, 6.07) is 5.17. The number of carbonyl (C=O) groups is 2. The lowest BCUT2D eigenvalue weighted by atomic mass is 9.96. The molecule has 0 aromatic heterocycles. The summed E-state index contributed by atoms with van der Waals surface area (Å²) in [6.45, 7) is 1.96. The largest absolute Gasteiger partial charge is 0.493 e. The molecule has 2 amide bonds. The van der Waals surface area contributed by atoms with Crippen molar-refractivity contribution in [3.63, 3.8) is 0 Å². The molecule has 1 aliphatic rings. The topological polar surface area (TPSA) is 90.6 Å². The van der Waals surface area contributed by atoms with E-state index in [1.54, 1.807) is 18.2 Å². The van der Waals surface area contributed by atoms with Gasteiger partial charge in [0.15, 0.2) is 18.1 Å². The van der Waals surface area contributed by atoms with Crippen molar-refractivity contribution in [3.05, 3.63) is 23.8 Å². The van der Waals surface area contributed by atoms with Gasteiger partial charge in [-0.25, -0.2) is 0 Å². The van der Waals surface area contributed by atoms with Gasteiger partial charge >= 0.3 is 0 Å². The van der Waals surface area contributed by atoms with E-state index in [2.05, 4.69) is 12.2 Å². The third-order valence-electron chi connectivity index (χ3n) is 4.70. The Labute approximate surface area is 149 Å². The molecule has 1 aliphatic carbocycles. The van der Waals surface area contributed by atoms with E-state index in [9.17, 15) is 9.59 Å². The first-order chi connectivity index (χ1) is 12.0. The van der Waals surface area contributed by atoms with Crippen molar-refractivity contribution in [1.82, 2.24) is 5.32 Å². The van der Waals surface area contributed by atoms with Crippen LogP contribution in [0.2, 0.25) is 0 Å². The molecule has 25 heavy (non-hydrogen) atoms. The molecule has 0 heterocycles. The number of nitrogens with two attached hydrogens (primary N) is 1. The molecule has 2 rings (SSSR count). The van der Waals surface area contributed by atoms with E-state index in [1.165, 1.54) is 39.2 Å². The summed E-state index contributed by atoms with van der Waals surface area (Å²) in [5, 5.41) is 3.17. The molecule has 1 fully saturated rings. The number of hydrogen-bond acceptors (Lipinski definition) is 4. The Hall–Kier alpha value is -2.24. The summed E-state index contributed by atoms with van der Waals surface area (Å²) < 4.78 is 10.5. The SMILES string of the molecule is CCCC[C@H]1CCC[C@@H]1NC(=O)c1ccc(OCC(N)=O)c(OC)c1. The van der Waals surface area contributed by atoms with Gasteiger partial charge in [-0.1, -0.05) is 26.2 Å².